The summed E-state index contributed by atoms with van der Waals surface area (Å²) in [5.74, 6) is -1.43. The maximum atomic E-state index is 14.4. The Kier molecular flexibility index (Phi) is 8.07. The number of carbonyl (C=O) groups excluding carboxylic acids is 2. The highest BCUT2D eigenvalue weighted by Crippen LogP contribution is 2.21. The molecule has 0 saturated heterocycles. The number of sulfonamides is 1. The molecule has 0 unspecified atom stereocenters. The number of rotatable bonds is 9. The van der Waals surface area contributed by atoms with E-state index in [1.807, 2.05) is 0 Å². The van der Waals surface area contributed by atoms with Crippen LogP contribution in [0, 0.1) is 5.82 Å². The highest BCUT2D eigenvalue weighted by Gasteiger charge is 2.31. The van der Waals surface area contributed by atoms with Crippen LogP contribution in [0.25, 0.3) is 0 Å². The molecule has 3 rings (SSSR count). The molecule has 2 amide bonds. The van der Waals surface area contributed by atoms with Gasteiger partial charge in [-0.2, -0.15) is 0 Å². The third-order valence-corrected chi connectivity index (χ3v) is 7.03. The molecular weight excluding hydrogens is 445 g/mol. The van der Waals surface area contributed by atoms with Crippen molar-refractivity contribution >= 4 is 27.5 Å². The summed E-state index contributed by atoms with van der Waals surface area (Å²) in [6.07, 6.45) is 4.87. The molecule has 1 N–H and O–H groups in total. The Morgan fingerprint density at radius 2 is 1.67 bits per heavy atom. The fraction of sp³-hybridized carbons (Fsp3) is 0.417. The summed E-state index contributed by atoms with van der Waals surface area (Å²) in [4.78, 5) is 27.6. The van der Waals surface area contributed by atoms with E-state index >= 15 is 0 Å². The molecular formula is C24H30FN3O4S. The molecule has 1 aliphatic rings. The number of anilines is 1. The zero-order valence-corrected chi connectivity index (χ0v) is 19.7. The minimum absolute atomic E-state index is 0.0576. The number of nitrogens with one attached hydrogen (secondary N) is 1. The van der Waals surface area contributed by atoms with E-state index in [4.69, 9.17) is 0 Å². The standard InChI is InChI=1S/C24H30FN3O4S/c1-18(24(30)26-20-11-7-8-12-20)27(16-19-10-6-9-15-22(19)25)23(29)17-28(33(2,31)32)21-13-4-3-5-14-21/h3-6,9-10,13-15,18,20H,7-8,11-12,16-17H2,1-2H3,(H,26,30)/t18-/m0/s1. The van der Waals surface area contributed by atoms with Crippen LogP contribution in [0.3, 0.4) is 0 Å². The summed E-state index contributed by atoms with van der Waals surface area (Å²) in [7, 11) is -3.78. The van der Waals surface area contributed by atoms with Crippen LogP contribution >= 0.6 is 0 Å². The Balaban J connectivity index is 1.87. The third-order valence-electron chi connectivity index (χ3n) is 5.89. The van der Waals surface area contributed by atoms with Crippen molar-refractivity contribution in [2.45, 2.75) is 51.2 Å². The van der Waals surface area contributed by atoms with Gasteiger partial charge in [0.15, 0.2) is 0 Å². The summed E-state index contributed by atoms with van der Waals surface area (Å²) in [6, 6.07) is 13.4. The van der Waals surface area contributed by atoms with Crippen molar-refractivity contribution in [1.82, 2.24) is 10.2 Å². The normalized spacial score (nSPS) is 15.1. The van der Waals surface area contributed by atoms with Gasteiger partial charge in [0.2, 0.25) is 21.8 Å². The Morgan fingerprint density at radius 3 is 2.27 bits per heavy atom. The number of halogens is 1. The second kappa shape index (κ2) is 10.8. The van der Waals surface area contributed by atoms with Crippen LogP contribution < -0.4 is 9.62 Å². The maximum absolute atomic E-state index is 14.4. The smallest absolute Gasteiger partial charge is 0.244 e. The van der Waals surface area contributed by atoms with E-state index < -0.39 is 34.3 Å². The molecule has 2 aromatic carbocycles. The first-order chi connectivity index (χ1) is 15.7. The number of nitrogens with zero attached hydrogens (tertiary/aromatic N) is 2. The van der Waals surface area contributed by atoms with Gasteiger partial charge in [-0.25, -0.2) is 12.8 Å². The fourth-order valence-electron chi connectivity index (χ4n) is 3.99. The van der Waals surface area contributed by atoms with Gasteiger partial charge >= 0.3 is 0 Å². The van der Waals surface area contributed by atoms with E-state index in [9.17, 15) is 22.4 Å². The van der Waals surface area contributed by atoms with E-state index in [0.29, 0.717) is 5.69 Å². The van der Waals surface area contributed by atoms with Crippen LogP contribution in [0.2, 0.25) is 0 Å². The van der Waals surface area contributed by atoms with Gasteiger partial charge in [0.1, 0.15) is 18.4 Å². The lowest BCUT2D eigenvalue weighted by molar-refractivity contribution is -0.139. The van der Waals surface area contributed by atoms with Crippen molar-refractivity contribution in [3.63, 3.8) is 0 Å². The molecule has 0 aliphatic heterocycles. The van der Waals surface area contributed by atoms with Gasteiger partial charge in [-0.1, -0.05) is 49.2 Å². The Bertz CT molecular complexity index is 1070. The summed E-state index contributed by atoms with van der Waals surface area (Å²) in [6.45, 7) is 0.922. The molecule has 7 nitrogen and oxygen atoms in total. The molecule has 0 heterocycles. The largest absolute Gasteiger partial charge is 0.352 e. The molecule has 1 fully saturated rings. The number of para-hydroxylation sites is 1. The summed E-state index contributed by atoms with van der Waals surface area (Å²) in [5.41, 5.74) is 0.583. The topological polar surface area (TPSA) is 86.8 Å². The number of benzene rings is 2. The summed E-state index contributed by atoms with van der Waals surface area (Å²) >= 11 is 0. The molecule has 178 valence electrons. The molecule has 33 heavy (non-hydrogen) atoms. The number of hydrogen-bond donors (Lipinski definition) is 1. The number of hydrogen-bond acceptors (Lipinski definition) is 4. The van der Waals surface area contributed by atoms with Gasteiger partial charge in [-0.05, 0) is 38.0 Å². The van der Waals surface area contributed by atoms with E-state index in [-0.39, 0.29) is 24.1 Å². The first-order valence-electron chi connectivity index (χ1n) is 11.0. The number of carbonyl (C=O) groups is 2. The average Bonchev–Trinajstić information content (AvgIpc) is 3.29. The van der Waals surface area contributed by atoms with Gasteiger partial charge in [0.05, 0.1) is 11.9 Å². The average molecular weight is 476 g/mol. The zero-order valence-electron chi connectivity index (χ0n) is 18.9. The predicted octanol–water partition coefficient (Wildman–Crippen LogP) is 3.07. The second-order valence-corrected chi connectivity index (χ2v) is 10.3. The van der Waals surface area contributed by atoms with Crippen molar-refractivity contribution in [3.8, 4) is 0 Å². The highest BCUT2D eigenvalue weighted by atomic mass is 32.2. The maximum Gasteiger partial charge on any atom is 0.244 e. The van der Waals surface area contributed by atoms with Crippen molar-refractivity contribution in [1.29, 1.82) is 0 Å². The fourth-order valence-corrected chi connectivity index (χ4v) is 4.84. The molecule has 0 aromatic heterocycles. The Morgan fingerprint density at radius 1 is 1.06 bits per heavy atom. The van der Waals surface area contributed by atoms with Crippen LogP contribution in [0.5, 0.6) is 0 Å². The molecule has 0 radical (unpaired) electrons. The van der Waals surface area contributed by atoms with Gasteiger partial charge < -0.3 is 10.2 Å². The van der Waals surface area contributed by atoms with Crippen molar-refractivity contribution in [2.24, 2.45) is 0 Å². The lowest BCUT2D eigenvalue weighted by Gasteiger charge is -2.32. The molecule has 0 spiro atoms. The van der Waals surface area contributed by atoms with Gasteiger partial charge in [0.25, 0.3) is 0 Å². The lowest BCUT2D eigenvalue weighted by Crippen LogP contribution is -2.52. The van der Waals surface area contributed by atoms with E-state index in [1.54, 1.807) is 55.5 Å². The van der Waals surface area contributed by atoms with Crippen LogP contribution in [0.1, 0.15) is 38.2 Å². The molecule has 1 aliphatic carbocycles. The van der Waals surface area contributed by atoms with Gasteiger partial charge in [-0.3, -0.25) is 13.9 Å². The monoisotopic (exact) mass is 475 g/mol. The predicted molar refractivity (Wildman–Crippen MR) is 125 cm³/mol. The van der Waals surface area contributed by atoms with E-state index in [0.717, 1.165) is 36.2 Å². The van der Waals surface area contributed by atoms with Crippen LogP contribution in [0.4, 0.5) is 10.1 Å². The van der Waals surface area contributed by atoms with E-state index in [2.05, 4.69) is 5.32 Å². The first-order valence-corrected chi connectivity index (χ1v) is 12.9. The van der Waals surface area contributed by atoms with Crippen molar-refractivity contribution in [2.75, 3.05) is 17.1 Å². The molecule has 1 atom stereocenters. The highest BCUT2D eigenvalue weighted by molar-refractivity contribution is 7.92. The Hall–Kier alpha value is -2.94. The van der Waals surface area contributed by atoms with E-state index in [1.165, 1.54) is 11.0 Å². The van der Waals surface area contributed by atoms with Crippen molar-refractivity contribution < 1.29 is 22.4 Å². The Labute approximate surface area is 194 Å². The summed E-state index contributed by atoms with van der Waals surface area (Å²) in [5, 5.41) is 2.97. The van der Waals surface area contributed by atoms with Gasteiger partial charge in [-0.15, -0.1) is 0 Å². The second-order valence-electron chi connectivity index (χ2n) is 8.38. The minimum atomic E-state index is -3.78. The number of amides is 2. The first kappa shape index (κ1) is 24.7. The molecule has 9 heteroatoms. The molecule has 1 saturated carbocycles. The molecule has 0 bridgehead atoms. The quantitative estimate of drug-likeness (QED) is 0.604. The van der Waals surface area contributed by atoms with Crippen LogP contribution in [-0.4, -0.2) is 50.0 Å². The summed E-state index contributed by atoms with van der Waals surface area (Å²) < 4.78 is 40.3. The SMILES string of the molecule is C[C@@H](C(=O)NC1CCCC1)N(Cc1ccccc1F)C(=O)CN(c1ccccc1)S(C)(=O)=O. The molecule has 2 aromatic rings. The van der Waals surface area contributed by atoms with Gasteiger partial charge in [0, 0.05) is 18.2 Å². The zero-order chi connectivity index (χ0) is 24.0. The third kappa shape index (κ3) is 6.54. The minimum Gasteiger partial charge on any atom is -0.352 e. The van der Waals surface area contributed by atoms with Crippen LogP contribution in [-0.2, 0) is 26.2 Å². The van der Waals surface area contributed by atoms with Crippen molar-refractivity contribution in [3.05, 3.63) is 66.0 Å². The lowest BCUT2D eigenvalue weighted by atomic mass is 10.1. The van der Waals surface area contributed by atoms with Crippen LogP contribution in [0.15, 0.2) is 54.6 Å².